The van der Waals surface area contributed by atoms with E-state index in [1.165, 1.54) is 12.1 Å². The van der Waals surface area contributed by atoms with Gasteiger partial charge in [0.15, 0.2) is 0 Å². The summed E-state index contributed by atoms with van der Waals surface area (Å²) in [5.41, 5.74) is 1.96. The molecular formula is C13H13FN2O2. The fourth-order valence-electron chi connectivity index (χ4n) is 1.98. The fourth-order valence-corrected chi connectivity index (χ4v) is 1.98. The predicted molar refractivity (Wildman–Crippen MR) is 64.6 cm³/mol. The summed E-state index contributed by atoms with van der Waals surface area (Å²) < 4.78 is 14.4. The molecule has 0 atom stereocenters. The fraction of sp³-hybridized carbons (Fsp3) is 0.231. The zero-order chi connectivity index (χ0) is 13.3. The Morgan fingerprint density at radius 2 is 2.00 bits per heavy atom. The molecule has 1 heterocycles. The third kappa shape index (κ3) is 1.99. The highest BCUT2D eigenvalue weighted by Gasteiger charge is 2.20. The van der Waals surface area contributed by atoms with Crippen molar-refractivity contribution in [1.29, 1.82) is 0 Å². The molecule has 0 amide bonds. The smallest absolute Gasteiger partial charge is 0.339 e. The maximum Gasteiger partial charge on any atom is 0.339 e. The van der Waals surface area contributed by atoms with Crippen LogP contribution in [0.4, 0.5) is 4.39 Å². The number of hydrogen-bond acceptors (Lipinski definition) is 2. The van der Waals surface area contributed by atoms with Gasteiger partial charge in [-0.25, -0.2) is 13.9 Å². The van der Waals surface area contributed by atoms with Gasteiger partial charge in [0.05, 0.1) is 17.1 Å². The number of hydrogen-bond donors (Lipinski definition) is 1. The quantitative estimate of drug-likeness (QED) is 0.908. The molecule has 1 aromatic heterocycles. The lowest BCUT2D eigenvalue weighted by molar-refractivity contribution is 0.0695. The van der Waals surface area contributed by atoms with Crippen molar-refractivity contribution >= 4 is 5.97 Å². The van der Waals surface area contributed by atoms with Crippen molar-refractivity contribution < 1.29 is 14.3 Å². The van der Waals surface area contributed by atoms with Crippen LogP contribution in [0.5, 0.6) is 0 Å². The van der Waals surface area contributed by atoms with Crippen LogP contribution in [0.1, 0.15) is 28.7 Å². The van der Waals surface area contributed by atoms with Gasteiger partial charge in [0.25, 0.3) is 0 Å². The molecule has 0 radical (unpaired) electrons. The topological polar surface area (TPSA) is 55.1 Å². The highest BCUT2D eigenvalue weighted by Crippen LogP contribution is 2.19. The number of halogens is 1. The molecule has 18 heavy (non-hydrogen) atoms. The summed E-state index contributed by atoms with van der Waals surface area (Å²) in [5.74, 6) is -1.32. The van der Waals surface area contributed by atoms with E-state index in [0.717, 1.165) is 0 Å². The molecule has 1 aromatic carbocycles. The minimum Gasteiger partial charge on any atom is -0.478 e. The second-order valence-electron chi connectivity index (χ2n) is 3.95. The molecule has 0 fully saturated rings. The predicted octanol–water partition coefficient (Wildman–Crippen LogP) is 2.58. The van der Waals surface area contributed by atoms with E-state index in [1.54, 1.807) is 23.7 Å². The van der Waals surface area contributed by atoms with Crippen LogP contribution in [0.3, 0.4) is 0 Å². The summed E-state index contributed by atoms with van der Waals surface area (Å²) >= 11 is 0. The minimum absolute atomic E-state index is 0.224. The Hall–Kier alpha value is -2.17. The summed E-state index contributed by atoms with van der Waals surface area (Å²) in [7, 11) is 0. The van der Waals surface area contributed by atoms with Crippen LogP contribution in [0.25, 0.3) is 5.69 Å². The Balaban J connectivity index is 2.61. The molecule has 0 aliphatic heterocycles. The van der Waals surface area contributed by atoms with Gasteiger partial charge < -0.3 is 5.11 Å². The molecular weight excluding hydrogens is 235 g/mol. The summed E-state index contributed by atoms with van der Waals surface area (Å²) in [6.07, 6.45) is 0.542. The number of carboxylic acids is 1. The first-order chi connectivity index (χ1) is 8.54. The molecule has 94 valence electrons. The lowest BCUT2D eigenvalue weighted by Crippen LogP contribution is -2.05. The minimum atomic E-state index is -0.988. The monoisotopic (exact) mass is 248 g/mol. The van der Waals surface area contributed by atoms with Gasteiger partial charge >= 0.3 is 5.97 Å². The molecule has 0 aliphatic carbocycles. The van der Waals surface area contributed by atoms with Crippen molar-refractivity contribution in [2.75, 3.05) is 0 Å². The first-order valence-electron chi connectivity index (χ1n) is 5.62. The molecule has 2 aromatic rings. The van der Waals surface area contributed by atoms with Gasteiger partial charge in [0.1, 0.15) is 11.4 Å². The second kappa shape index (κ2) is 4.60. The molecule has 0 bridgehead atoms. The van der Waals surface area contributed by atoms with Gasteiger partial charge in [0, 0.05) is 0 Å². The van der Waals surface area contributed by atoms with Crippen molar-refractivity contribution in [3.8, 4) is 5.69 Å². The van der Waals surface area contributed by atoms with Crippen molar-refractivity contribution in [2.45, 2.75) is 20.3 Å². The van der Waals surface area contributed by atoms with Crippen molar-refractivity contribution in [3.63, 3.8) is 0 Å². The van der Waals surface area contributed by atoms with E-state index >= 15 is 0 Å². The van der Waals surface area contributed by atoms with Crippen LogP contribution in [0.2, 0.25) is 0 Å². The van der Waals surface area contributed by atoms with E-state index in [0.29, 0.717) is 23.5 Å². The number of aromatic nitrogens is 2. The van der Waals surface area contributed by atoms with E-state index < -0.39 is 5.97 Å². The Morgan fingerprint density at radius 3 is 2.50 bits per heavy atom. The first-order valence-corrected chi connectivity index (χ1v) is 5.62. The summed E-state index contributed by atoms with van der Waals surface area (Å²) in [6, 6.07) is 5.80. The Kier molecular flexibility index (Phi) is 3.14. The van der Waals surface area contributed by atoms with Gasteiger partial charge in [-0.3, -0.25) is 0 Å². The Bertz CT molecular complexity index is 588. The number of nitrogens with zero attached hydrogens (tertiary/aromatic N) is 2. The van der Waals surface area contributed by atoms with E-state index in [2.05, 4.69) is 5.10 Å². The average Bonchev–Trinajstić information content (AvgIpc) is 2.67. The molecule has 5 heteroatoms. The Morgan fingerprint density at radius 1 is 1.39 bits per heavy atom. The van der Waals surface area contributed by atoms with Gasteiger partial charge in [-0.05, 0) is 37.6 Å². The van der Waals surface area contributed by atoms with Crippen LogP contribution in [0, 0.1) is 12.7 Å². The second-order valence-corrected chi connectivity index (χ2v) is 3.95. The largest absolute Gasteiger partial charge is 0.478 e. The number of aryl methyl sites for hydroxylation is 1. The Labute approximate surface area is 104 Å². The van der Waals surface area contributed by atoms with Crippen LogP contribution in [-0.2, 0) is 6.42 Å². The number of benzene rings is 1. The van der Waals surface area contributed by atoms with Crippen molar-refractivity contribution in [1.82, 2.24) is 9.78 Å². The van der Waals surface area contributed by atoms with Gasteiger partial charge in [-0.15, -0.1) is 0 Å². The van der Waals surface area contributed by atoms with Crippen LogP contribution < -0.4 is 0 Å². The summed E-state index contributed by atoms with van der Waals surface area (Å²) in [6.45, 7) is 3.52. The molecule has 0 saturated heterocycles. The third-order valence-corrected chi connectivity index (χ3v) is 2.78. The normalized spacial score (nSPS) is 10.6. The molecule has 0 unspecified atom stereocenters. The van der Waals surface area contributed by atoms with Gasteiger partial charge in [0.2, 0.25) is 0 Å². The van der Waals surface area contributed by atoms with Crippen LogP contribution >= 0.6 is 0 Å². The van der Waals surface area contributed by atoms with E-state index in [1.807, 2.05) is 6.92 Å². The van der Waals surface area contributed by atoms with E-state index in [-0.39, 0.29) is 11.4 Å². The van der Waals surface area contributed by atoms with Crippen LogP contribution in [-0.4, -0.2) is 20.9 Å². The van der Waals surface area contributed by atoms with Gasteiger partial charge in [-0.2, -0.15) is 5.10 Å². The molecule has 0 spiro atoms. The summed E-state index contributed by atoms with van der Waals surface area (Å²) in [5, 5.41) is 13.4. The average molecular weight is 248 g/mol. The highest BCUT2D eigenvalue weighted by atomic mass is 19.1. The number of rotatable bonds is 3. The maximum atomic E-state index is 12.9. The van der Waals surface area contributed by atoms with Crippen molar-refractivity contribution in [3.05, 3.63) is 47.0 Å². The van der Waals surface area contributed by atoms with E-state index in [9.17, 15) is 9.18 Å². The van der Waals surface area contributed by atoms with Gasteiger partial charge in [-0.1, -0.05) is 6.92 Å². The zero-order valence-electron chi connectivity index (χ0n) is 10.1. The van der Waals surface area contributed by atoms with Crippen LogP contribution in [0.15, 0.2) is 24.3 Å². The van der Waals surface area contributed by atoms with Crippen molar-refractivity contribution in [2.24, 2.45) is 0 Å². The number of carboxylic acid groups (broad SMARTS) is 1. The lowest BCUT2D eigenvalue weighted by Gasteiger charge is -2.06. The molecule has 4 nitrogen and oxygen atoms in total. The lowest BCUT2D eigenvalue weighted by atomic mass is 10.1. The molecule has 1 N–H and O–H groups in total. The molecule has 0 aliphatic rings. The standard InChI is InChI=1S/C13H13FN2O2/c1-3-11-12(13(17)18)8(2)15-16(11)10-6-4-9(14)5-7-10/h4-7H,3H2,1-2H3,(H,17,18). The highest BCUT2D eigenvalue weighted by molar-refractivity contribution is 5.90. The number of carbonyl (C=O) groups is 1. The third-order valence-electron chi connectivity index (χ3n) is 2.78. The maximum absolute atomic E-state index is 12.9. The van der Waals surface area contributed by atoms with E-state index in [4.69, 9.17) is 5.11 Å². The SMILES string of the molecule is CCc1c(C(=O)O)c(C)nn1-c1ccc(F)cc1. The summed E-state index contributed by atoms with van der Waals surface area (Å²) in [4.78, 5) is 11.2. The molecule has 2 rings (SSSR count). The number of aromatic carboxylic acids is 1. The first kappa shape index (κ1) is 12.3. The zero-order valence-corrected chi connectivity index (χ0v) is 10.1. The molecule has 0 saturated carbocycles.